The zero-order valence-electron chi connectivity index (χ0n) is 9.06. The summed E-state index contributed by atoms with van der Waals surface area (Å²) < 4.78 is 8.74. The van der Waals surface area contributed by atoms with Crippen LogP contribution in [0.15, 0.2) is 12.7 Å². The van der Waals surface area contributed by atoms with Crippen LogP contribution in [0.25, 0.3) is 0 Å². The molecule has 0 saturated carbocycles. The summed E-state index contributed by atoms with van der Waals surface area (Å²) in [5, 5.41) is 2.70. The minimum absolute atomic E-state index is 0.0937. The van der Waals surface area contributed by atoms with Gasteiger partial charge >= 0.3 is 8.25 Å². The molecular weight excluding hydrogens is 219 g/mol. The van der Waals surface area contributed by atoms with Crippen molar-refractivity contribution >= 4 is 14.2 Å². The van der Waals surface area contributed by atoms with Crippen LogP contribution < -0.4 is 5.32 Å². The average Bonchev–Trinajstić information content (AvgIpc) is 2.10. The topological polar surface area (TPSA) is 89.9 Å². The van der Waals surface area contributed by atoms with Gasteiger partial charge in [-0.05, 0) is 33.1 Å². The third-order valence-electron chi connectivity index (χ3n) is 1.27. The van der Waals surface area contributed by atoms with E-state index < -0.39 is 8.25 Å². The quantitative estimate of drug-likeness (QED) is 0.344. The highest BCUT2D eigenvalue weighted by Gasteiger charge is 1.92. The molecule has 0 aromatic carbocycles. The summed E-state index contributed by atoms with van der Waals surface area (Å²) in [7, 11) is 0.889. The molecule has 0 atom stereocenters. The Morgan fingerprint density at radius 2 is 2.00 bits per heavy atom. The van der Waals surface area contributed by atoms with E-state index in [2.05, 4.69) is 16.8 Å². The van der Waals surface area contributed by atoms with Gasteiger partial charge in [-0.25, -0.2) is 0 Å². The van der Waals surface area contributed by atoms with E-state index in [1.54, 1.807) is 0 Å². The largest absolute Gasteiger partial charge is 0.353 e. The zero-order valence-corrected chi connectivity index (χ0v) is 10.1. The minimum atomic E-state index is -3.13. The van der Waals surface area contributed by atoms with E-state index in [9.17, 15) is 4.79 Å². The second kappa shape index (κ2) is 11.4. The number of rotatable bonds is 5. The van der Waals surface area contributed by atoms with Gasteiger partial charge in [0.2, 0.25) is 5.91 Å². The molecule has 3 N–H and O–H groups in total. The third-order valence-corrected chi connectivity index (χ3v) is 1.27. The van der Waals surface area contributed by atoms with Gasteiger partial charge in [-0.2, -0.15) is 0 Å². The molecule has 0 spiro atoms. The molecule has 7 heteroatoms. The highest BCUT2D eigenvalue weighted by Crippen LogP contribution is 1.98. The number of hydrogen-bond acceptors (Lipinski definition) is 3. The lowest BCUT2D eigenvalue weighted by molar-refractivity contribution is -0.116. The Labute approximate surface area is 90.5 Å². The fraction of sp³-hybridized carbons (Fsp3) is 0.625. The monoisotopic (exact) mass is 238 g/mol. The highest BCUT2D eigenvalue weighted by molar-refractivity contribution is 7.30. The van der Waals surface area contributed by atoms with Crippen LogP contribution in [0.5, 0.6) is 0 Å². The molecule has 0 rings (SSSR count). The van der Waals surface area contributed by atoms with Crippen LogP contribution in [-0.4, -0.2) is 47.8 Å². The molecule has 90 valence electrons. The van der Waals surface area contributed by atoms with Gasteiger partial charge in [-0.1, -0.05) is 6.58 Å². The van der Waals surface area contributed by atoms with Gasteiger partial charge < -0.3 is 20.0 Å². The molecular formula is C8H19N2O4P. The number of nitrogens with one attached hydrogen (secondary N) is 1. The van der Waals surface area contributed by atoms with E-state index in [1.165, 1.54) is 6.08 Å². The number of nitrogens with zero attached hydrogens (tertiary/aromatic N) is 1. The lowest BCUT2D eigenvalue weighted by Crippen LogP contribution is -2.25. The number of amides is 1. The van der Waals surface area contributed by atoms with E-state index >= 15 is 0 Å². The Morgan fingerprint density at radius 1 is 1.53 bits per heavy atom. The van der Waals surface area contributed by atoms with Crippen molar-refractivity contribution in [3.63, 3.8) is 0 Å². The van der Waals surface area contributed by atoms with E-state index in [-0.39, 0.29) is 5.91 Å². The van der Waals surface area contributed by atoms with Crippen molar-refractivity contribution in [3.8, 4) is 0 Å². The van der Waals surface area contributed by atoms with Gasteiger partial charge in [0.15, 0.2) is 0 Å². The first-order valence-corrected chi connectivity index (χ1v) is 5.67. The summed E-state index contributed by atoms with van der Waals surface area (Å²) >= 11 is 0. The SMILES string of the molecule is C=CC(=O)NCCCN(C)C.O=[PH](O)O. The molecule has 0 radical (unpaired) electrons. The van der Waals surface area contributed by atoms with Crippen molar-refractivity contribution in [2.24, 2.45) is 0 Å². The molecule has 1 amide bonds. The molecule has 15 heavy (non-hydrogen) atoms. The highest BCUT2D eigenvalue weighted by atomic mass is 31.1. The van der Waals surface area contributed by atoms with Crippen molar-refractivity contribution in [1.82, 2.24) is 10.2 Å². The van der Waals surface area contributed by atoms with Crippen LogP contribution in [0.1, 0.15) is 6.42 Å². The van der Waals surface area contributed by atoms with Gasteiger partial charge in [0.05, 0.1) is 0 Å². The van der Waals surface area contributed by atoms with Crippen LogP contribution in [0, 0.1) is 0 Å². The van der Waals surface area contributed by atoms with Gasteiger partial charge in [-0.15, -0.1) is 0 Å². The summed E-state index contributed by atoms with van der Waals surface area (Å²) in [5.41, 5.74) is 0. The van der Waals surface area contributed by atoms with Gasteiger partial charge in [0.25, 0.3) is 0 Å². The molecule has 0 aliphatic heterocycles. The first-order valence-electron chi connectivity index (χ1n) is 4.37. The lowest BCUT2D eigenvalue weighted by Gasteiger charge is -2.08. The van der Waals surface area contributed by atoms with Crippen molar-refractivity contribution in [2.45, 2.75) is 6.42 Å². The van der Waals surface area contributed by atoms with E-state index in [4.69, 9.17) is 14.4 Å². The maximum Gasteiger partial charge on any atom is 0.314 e. The summed E-state index contributed by atoms with van der Waals surface area (Å²) in [6.07, 6.45) is 2.27. The predicted octanol–water partition coefficient (Wildman–Crippen LogP) is -0.399. The Kier molecular flexibility index (Phi) is 12.7. The molecule has 0 aliphatic rings. The molecule has 0 aromatic heterocycles. The summed E-state index contributed by atoms with van der Waals surface area (Å²) in [4.78, 5) is 27.0. The van der Waals surface area contributed by atoms with Crippen molar-refractivity contribution in [2.75, 3.05) is 27.2 Å². The Hall–Kier alpha value is -0.680. The fourth-order valence-corrected chi connectivity index (χ4v) is 0.679. The number of carbonyl (C=O) groups is 1. The second-order valence-corrected chi connectivity index (χ2v) is 3.50. The molecule has 0 aromatic rings. The third kappa shape index (κ3) is 24.7. The van der Waals surface area contributed by atoms with Crippen molar-refractivity contribution in [1.29, 1.82) is 0 Å². The van der Waals surface area contributed by atoms with Crippen molar-refractivity contribution < 1.29 is 19.1 Å². The van der Waals surface area contributed by atoms with Crippen LogP contribution in [0.3, 0.4) is 0 Å². The predicted molar refractivity (Wildman–Crippen MR) is 59.8 cm³/mol. The smallest absolute Gasteiger partial charge is 0.314 e. The number of hydrogen-bond donors (Lipinski definition) is 3. The first kappa shape index (κ1) is 16.7. The molecule has 0 heterocycles. The van der Waals surface area contributed by atoms with E-state index in [0.717, 1.165) is 19.5 Å². The molecule has 0 aliphatic carbocycles. The lowest BCUT2D eigenvalue weighted by atomic mass is 10.4. The van der Waals surface area contributed by atoms with E-state index in [1.807, 2.05) is 14.1 Å². The van der Waals surface area contributed by atoms with Crippen LogP contribution in [-0.2, 0) is 9.36 Å². The normalized spacial score (nSPS) is 9.47. The van der Waals surface area contributed by atoms with Gasteiger partial charge in [0, 0.05) is 6.54 Å². The summed E-state index contributed by atoms with van der Waals surface area (Å²) in [5.74, 6) is -0.0937. The molecule has 0 saturated heterocycles. The average molecular weight is 238 g/mol. The van der Waals surface area contributed by atoms with Crippen molar-refractivity contribution in [3.05, 3.63) is 12.7 Å². The van der Waals surface area contributed by atoms with Crippen LogP contribution in [0.4, 0.5) is 0 Å². The minimum Gasteiger partial charge on any atom is -0.353 e. The Morgan fingerprint density at radius 3 is 2.33 bits per heavy atom. The fourth-order valence-electron chi connectivity index (χ4n) is 0.679. The van der Waals surface area contributed by atoms with E-state index in [0.29, 0.717) is 0 Å². The second-order valence-electron chi connectivity index (χ2n) is 2.93. The Balaban J connectivity index is 0. The summed E-state index contributed by atoms with van der Waals surface area (Å²) in [6.45, 7) is 5.07. The zero-order chi connectivity index (χ0) is 12.3. The number of carbonyl (C=O) groups excluding carboxylic acids is 1. The molecule has 0 unspecified atom stereocenters. The maximum atomic E-state index is 10.6. The standard InChI is InChI=1S/C8H16N2O.H3O3P/c1-4-8(11)9-6-5-7-10(2)3;1-4(2)3/h4H,1,5-7H2,2-3H3,(H,9,11);4H,(H2,1,2,3). The first-order chi connectivity index (χ1) is 6.90. The Bertz CT molecular complexity index is 205. The maximum absolute atomic E-state index is 10.6. The molecule has 0 bridgehead atoms. The summed E-state index contributed by atoms with van der Waals surface area (Å²) in [6, 6.07) is 0. The van der Waals surface area contributed by atoms with Gasteiger partial charge in [0.1, 0.15) is 0 Å². The van der Waals surface area contributed by atoms with Crippen LogP contribution >= 0.6 is 8.25 Å². The van der Waals surface area contributed by atoms with Gasteiger partial charge in [-0.3, -0.25) is 9.36 Å². The van der Waals surface area contributed by atoms with Crippen LogP contribution in [0.2, 0.25) is 0 Å². The molecule has 0 fully saturated rings. The molecule has 6 nitrogen and oxygen atoms in total.